The minimum absolute atomic E-state index is 0.142. The summed E-state index contributed by atoms with van der Waals surface area (Å²) in [5.41, 5.74) is 7.67. The summed E-state index contributed by atoms with van der Waals surface area (Å²) in [7, 11) is 0. The lowest BCUT2D eigenvalue weighted by Gasteiger charge is -2.31. The third-order valence-electron chi connectivity index (χ3n) is 3.35. The quantitative estimate of drug-likeness (QED) is 0.630. The molecule has 2 heterocycles. The average molecular weight is 278 g/mol. The van der Waals surface area contributed by atoms with E-state index in [0.29, 0.717) is 5.82 Å². The smallest absolute Gasteiger partial charge is 0.137 e. The lowest BCUT2D eigenvalue weighted by atomic mass is 9.93. The van der Waals surface area contributed by atoms with Crippen molar-refractivity contribution in [1.29, 1.82) is 0 Å². The van der Waals surface area contributed by atoms with Crippen LogP contribution in [0.5, 0.6) is 0 Å². The second-order valence-electron chi connectivity index (χ2n) is 4.70. The highest BCUT2D eigenvalue weighted by atomic mass is 19.1. The molecule has 3 atom stereocenters. The van der Waals surface area contributed by atoms with E-state index in [9.17, 15) is 4.39 Å². The van der Waals surface area contributed by atoms with Crippen molar-refractivity contribution in [2.75, 3.05) is 6.61 Å². The van der Waals surface area contributed by atoms with Crippen LogP contribution < -0.4 is 11.1 Å². The summed E-state index contributed by atoms with van der Waals surface area (Å²) in [6.07, 6.45) is 6.27. The molecule has 0 saturated carbocycles. The lowest BCUT2D eigenvalue weighted by molar-refractivity contribution is 0.361. The Morgan fingerprint density at radius 1 is 1.60 bits per heavy atom. The van der Waals surface area contributed by atoms with E-state index in [1.54, 1.807) is 19.2 Å². The summed E-state index contributed by atoms with van der Waals surface area (Å²) in [6, 6.07) is -1.06. The summed E-state index contributed by atoms with van der Waals surface area (Å²) in [4.78, 5) is 7.12. The minimum Gasteiger partial charge on any atom is -0.391 e. The molecular weight excluding hydrogens is 259 g/mol. The number of aliphatic hydroxyl groups excluding tert-OH is 1. The molecule has 1 aliphatic rings. The predicted octanol–water partition coefficient (Wildman–Crippen LogP) is 1.57. The molecule has 0 radical (unpaired) electrons. The van der Waals surface area contributed by atoms with Crippen molar-refractivity contribution in [2.24, 2.45) is 10.7 Å². The van der Waals surface area contributed by atoms with Gasteiger partial charge in [0.2, 0.25) is 0 Å². The van der Waals surface area contributed by atoms with Gasteiger partial charge in [0.05, 0.1) is 18.7 Å². The maximum absolute atomic E-state index is 13.5. The number of aromatic amines is 1. The summed E-state index contributed by atoms with van der Waals surface area (Å²) in [5, 5.41) is 11.9. The molecule has 108 valence electrons. The van der Waals surface area contributed by atoms with Gasteiger partial charge in [-0.3, -0.25) is 5.32 Å². The minimum atomic E-state index is -0.463. The van der Waals surface area contributed by atoms with E-state index in [4.69, 9.17) is 10.8 Å². The van der Waals surface area contributed by atoms with Crippen LogP contribution in [-0.4, -0.2) is 35.0 Å². The summed E-state index contributed by atoms with van der Waals surface area (Å²) >= 11 is 0. The van der Waals surface area contributed by atoms with Gasteiger partial charge in [-0.15, -0.1) is 0 Å². The maximum atomic E-state index is 13.5. The molecule has 0 aliphatic carbocycles. The number of hydrogen-bond donors (Lipinski definition) is 4. The highest BCUT2D eigenvalue weighted by Gasteiger charge is 2.29. The molecule has 1 aliphatic heterocycles. The van der Waals surface area contributed by atoms with Crippen LogP contribution in [0.25, 0.3) is 6.08 Å². The van der Waals surface area contributed by atoms with Gasteiger partial charge in [-0.25, -0.2) is 9.38 Å². The van der Waals surface area contributed by atoms with Gasteiger partial charge in [-0.05, 0) is 18.6 Å². The Labute approximate surface area is 117 Å². The SMILES string of the molecule is C=Cc1c(C2NC(C)C(F)=C[C@H]2N)c[nH]c1/N=C\CO. The van der Waals surface area contributed by atoms with Crippen LogP contribution in [0.2, 0.25) is 0 Å². The second-order valence-corrected chi connectivity index (χ2v) is 4.70. The van der Waals surface area contributed by atoms with Gasteiger partial charge < -0.3 is 15.8 Å². The standard InChI is InChI=1S/C14H19FN4O/c1-3-9-10(7-18-14(9)17-4-5-20)13-12(16)6-11(15)8(2)19-13/h3-4,6-8,12-13,18-20H,1,5,16H2,2H3/b17-4-/t8?,12-,13?/m1/s1. The molecule has 0 spiro atoms. The number of aliphatic hydroxyl groups is 1. The number of nitrogens with zero attached hydrogens (tertiary/aromatic N) is 1. The Morgan fingerprint density at radius 3 is 3.00 bits per heavy atom. The highest BCUT2D eigenvalue weighted by Crippen LogP contribution is 2.32. The fourth-order valence-electron chi connectivity index (χ4n) is 2.33. The van der Waals surface area contributed by atoms with Crippen LogP contribution in [-0.2, 0) is 0 Å². The first-order valence-electron chi connectivity index (χ1n) is 6.44. The van der Waals surface area contributed by atoms with Crippen molar-refractivity contribution in [3.05, 3.63) is 35.8 Å². The molecule has 2 rings (SSSR count). The van der Waals surface area contributed by atoms with Crippen molar-refractivity contribution in [1.82, 2.24) is 10.3 Å². The molecule has 20 heavy (non-hydrogen) atoms. The van der Waals surface area contributed by atoms with E-state index >= 15 is 0 Å². The van der Waals surface area contributed by atoms with Gasteiger partial charge in [0.25, 0.3) is 0 Å². The predicted molar refractivity (Wildman–Crippen MR) is 78.6 cm³/mol. The maximum Gasteiger partial charge on any atom is 0.137 e. The Bertz CT molecular complexity index is 549. The number of H-pyrrole nitrogens is 1. The van der Waals surface area contributed by atoms with Crippen LogP contribution in [0.15, 0.2) is 29.7 Å². The number of nitrogens with one attached hydrogen (secondary N) is 2. The number of rotatable bonds is 4. The van der Waals surface area contributed by atoms with E-state index in [0.717, 1.165) is 11.1 Å². The molecule has 0 fully saturated rings. The Kier molecular flexibility index (Phi) is 4.49. The fourth-order valence-corrected chi connectivity index (χ4v) is 2.33. The van der Waals surface area contributed by atoms with Gasteiger partial charge in [0.15, 0.2) is 0 Å². The Balaban J connectivity index is 2.36. The number of aromatic nitrogens is 1. The Hall–Kier alpha value is -1.76. The first kappa shape index (κ1) is 14.6. The number of nitrogens with two attached hydrogens (primary N) is 1. The zero-order chi connectivity index (χ0) is 14.7. The molecule has 0 bridgehead atoms. The summed E-state index contributed by atoms with van der Waals surface area (Å²) in [6.45, 7) is 5.38. The van der Waals surface area contributed by atoms with Crippen LogP contribution in [0.1, 0.15) is 24.1 Å². The number of halogens is 1. The number of aliphatic imine (C=N–C) groups is 1. The van der Waals surface area contributed by atoms with Crippen LogP contribution in [0.3, 0.4) is 0 Å². The van der Waals surface area contributed by atoms with Crippen LogP contribution in [0, 0.1) is 0 Å². The number of hydrogen-bond acceptors (Lipinski definition) is 4. The zero-order valence-electron chi connectivity index (χ0n) is 11.3. The third kappa shape index (κ3) is 2.72. The van der Waals surface area contributed by atoms with E-state index in [1.165, 1.54) is 12.3 Å². The van der Waals surface area contributed by atoms with Crippen molar-refractivity contribution in [2.45, 2.75) is 25.0 Å². The molecule has 5 nitrogen and oxygen atoms in total. The van der Waals surface area contributed by atoms with E-state index in [2.05, 4.69) is 21.9 Å². The second kappa shape index (κ2) is 6.13. The van der Waals surface area contributed by atoms with Crippen molar-refractivity contribution >= 4 is 18.1 Å². The van der Waals surface area contributed by atoms with Crippen LogP contribution in [0.4, 0.5) is 10.2 Å². The van der Waals surface area contributed by atoms with Gasteiger partial charge in [0.1, 0.15) is 11.6 Å². The molecule has 5 N–H and O–H groups in total. The lowest BCUT2D eigenvalue weighted by Crippen LogP contribution is -2.45. The molecule has 2 unspecified atom stereocenters. The van der Waals surface area contributed by atoms with E-state index < -0.39 is 6.04 Å². The molecular formula is C14H19FN4O. The van der Waals surface area contributed by atoms with Crippen LogP contribution >= 0.6 is 0 Å². The molecule has 1 aromatic heterocycles. The molecule has 6 heteroatoms. The van der Waals surface area contributed by atoms with Crippen molar-refractivity contribution in [3.63, 3.8) is 0 Å². The fraction of sp³-hybridized carbons (Fsp3) is 0.357. The summed E-state index contributed by atoms with van der Waals surface area (Å²) < 4.78 is 13.5. The summed E-state index contributed by atoms with van der Waals surface area (Å²) in [5.74, 6) is 0.351. The average Bonchev–Trinajstić information content (AvgIpc) is 2.83. The topological polar surface area (TPSA) is 86.4 Å². The first-order valence-corrected chi connectivity index (χ1v) is 6.44. The van der Waals surface area contributed by atoms with Crippen molar-refractivity contribution < 1.29 is 9.50 Å². The third-order valence-corrected chi connectivity index (χ3v) is 3.35. The largest absolute Gasteiger partial charge is 0.391 e. The molecule has 0 saturated heterocycles. The van der Waals surface area contributed by atoms with Crippen molar-refractivity contribution in [3.8, 4) is 0 Å². The molecule has 0 aromatic carbocycles. The first-order chi connectivity index (χ1) is 9.58. The van der Waals surface area contributed by atoms with E-state index in [1.807, 2.05) is 0 Å². The molecule has 1 aromatic rings. The van der Waals surface area contributed by atoms with Gasteiger partial charge in [0, 0.05) is 24.0 Å². The molecule has 0 amide bonds. The van der Waals surface area contributed by atoms with Gasteiger partial charge >= 0.3 is 0 Å². The monoisotopic (exact) mass is 278 g/mol. The van der Waals surface area contributed by atoms with Gasteiger partial charge in [-0.2, -0.15) is 0 Å². The normalized spacial score (nSPS) is 26.8. The zero-order valence-corrected chi connectivity index (χ0v) is 11.3. The highest BCUT2D eigenvalue weighted by molar-refractivity contribution is 5.71. The van der Waals surface area contributed by atoms with E-state index in [-0.39, 0.29) is 24.5 Å². The van der Waals surface area contributed by atoms with Gasteiger partial charge in [-0.1, -0.05) is 12.7 Å². The Morgan fingerprint density at radius 2 is 2.35 bits per heavy atom.